The van der Waals surface area contributed by atoms with Gasteiger partial charge in [0.2, 0.25) is 5.88 Å². The molecule has 0 aliphatic rings. The molecule has 0 amide bonds. The second-order valence-electron chi connectivity index (χ2n) is 2.99. The third kappa shape index (κ3) is 2.35. The molecule has 1 aromatic heterocycles. The van der Waals surface area contributed by atoms with E-state index in [9.17, 15) is 0 Å². The normalized spacial score (nSPS) is 11.5. The van der Waals surface area contributed by atoms with Crippen LogP contribution in [0.4, 0.5) is 0 Å². The average Bonchev–Trinajstić information content (AvgIpc) is 2.12. The molecule has 1 aromatic rings. The van der Waals surface area contributed by atoms with Gasteiger partial charge in [-0.25, -0.2) is 0 Å². The summed E-state index contributed by atoms with van der Waals surface area (Å²) in [6.07, 6.45) is 0. The second kappa shape index (κ2) is 2.58. The van der Waals surface area contributed by atoms with Crippen LogP contribution in [0.1, 0.15) is 20.8 Å². The molecule has 0 fully saturated rings. The Hall–Kier alpha value is -0.570. The van der Waals surface area contributed by atoms with Gasteiger partial charge in [-0.3, -0.25) is 0 Å². The maximum absolute atomic E-state index is 5.41. The summed E-state index contributed by atoms with van der Waals surface area (Å²) in [5.74, 6) is 0.664. The zero-order valence-corrected chi connectivity index (χ0v) is 7.16. The minimum Gasteiger partial charge on any atom is -0.471 e. The van der Waals surface area contributed by atoms with Gasteiger partial charge in [0, 0.05) is 0 Å². The van der Waals surface area contributed by atoms with Crippen LogP contribution in [0.25, 0.3) is 0 Å². The van der Waals surface area contributed by atoms with Crippen molar-refractivity contribution in [3.63, 3.8) is 0 Å². The van der Waals surface area contributed by atoms with Crippen molar-refractivity contribution < 1.29 is 4.74 Å². The number of hydrogen-bond donors (Lipinski definition) is 0. The Kier molecular flexibility index (Phi) is 1.94. The van der Waals surface area contributed by atoms with Gasteiger partial charge in [0.05, 0.1) is 5.38 Å². The van der Waals surface area contributed by atoms with Gasteiger partial charge in [-0.05, 0) is 20.8 Å². The summed E-state index contributed by atoms with van der Waals surface area (Å²) in [5.41, 5.74) is 2.57. The van der Waals surface area contributed by atoms with Gasteiger partial charge in [0.1, 0.15) is 5.60 Å². The minimum absolute atomic E-state index is 0.151. The highest BCUT2D eigenvalue weighted by molar-refractivity contribution is 7.07. The maximum Gasteiger partial charge on any atom is 0.225 e. The SMILES string of the molecule is CC(C)(C)Oc1cs[c]n1. The molecule has 3 heteroatoms. The number of nitrogens with zero attached hydrogens (tertiary/aromatic N) is 1. The number of hydrogen-bond acceptors (Lipinski definition) is 3. The van der Waals surface area contributed by atoms with Crippen molar-refractivity contribution in [3.8, 4) is 5.88 Å². The number of thiazole rings is 1. The molecular formula is C7H10NOS. The van der Waals surface area contributed by atoms with E-state index < -0.39 is 0 Å². The maximum atomic E-state index is 5.41. The van der Waals surface area contributed by atoms with E-state index in [1.165, 1.54) is 11.3 Å². The molecule has 55 valence electrons. The Morgan fingerprint density at radius 3 is 2.70 bits per heavy atom. The molecule has 1 heterocycles. The number of rotatable bonds is 1. The molecule has 0 bridgehead atoms. The molecule has 10 heavy (non-hydrogen) atoms. The summed E-state index contributed by atoms with van der Waals surface area (Å²) in [7, 11) is 0. The Labute approximate surface area is 64.9 Å². The first-order valence-corrected chi connectivity index (χ1v) is 3.96. The van der Waals surface area contributed by atoms with E-state index in [0.717, 1.165) is 0 Å². The lowest BCUT2D eigenvalue weighted by Gasteiger charge is -2.18. The lowest BCUT2D eigenvalue weighted by Crippen LogP contribution is -2.22. The van der Waals surface area contributed by atoms with Crippen molar-refractivity contribution in [3.05, 3.63) is 10.9 Å². The van der Waals surface area contributed by atoms with Crippen LogP contribution in [0.2, 0.25) is 0 Å². The summed E-state index contributed by atoms with van der Waals surface area (Å²) in [6, 6.07) is 0. The Bertz CT molecular complexity index is 188. The highest BCUT2D eigenvalue weighted by atomic mass is 32.1. The van der Waals surface area contributed by atoms with Crippen LogP contribution in [0.5, 0.6) is 5.88 Å². The van der Waals surface area contributed by atoms with Crippen molar-refractivity contribution in [2.45, 2.75) is 26.4 Å². The van der Waals surface area contributed by atoms with E-state index in [0.29, 0.717) is 5.88 Å². The lowest BCUT2D eigenvalue weighted by atomic mass is 10.2. The van der Waals surface area contributed by atoms with Gasteiger partial charge in [0.25, 0.3) is 0 Å². The van der Waals surface area contributed by atoms with Crippen LogP contribution in [0.15, 0.2) is 5.38 Å². The number of aromatic nitrogens is 1. The summed E-state index contributed by atoms with van der Waals surface area (Å²) < 4.78 is 5.41. The van der Waals surface area contributed by atoms with Gasteiger partial charge in [-0.1, -0.05) is 0 Å². The third-order valence-electron chi connectivity index (χ3n) is 0.779. The van der Waals surface area contributed by atoms with Crippen molar-refractivity contribution >= 4 is 11.3 Å². The summed E-state index contributed by atoms with van der Waals surface area (Å²) in [6.45, 7) is 5.98. The van der Waals surface area contributed by atoms with E-state index in [4.69, 9.17) is 4.74 Å². The highest BCUT2D eigenvalue weighted by Gasteiger charge is 2.12. The van der Waals surface area contributed by atoms with Gasteiger partial charge < -0.3 is 4.74 Å². The Morgan fingerprint density at radius 1 is 1.60 bits per heavy atom. The quantitative estimate of drug-likeness (QED) is 0.621. The van der Waals surface area contributed by atoms with Crippen LogP contribution in [0.3, 0.4) is 0 Å². The molecule has 0 aromatic carbocycles. The van der Waals surface area contributed by atoms with Crippen LogP contribution >= 0.6 is 11.3 Å². The fraction of sp³-hybridized carbons (Fsp3) is 0.571. The molecule has 0 spiro atoms. The van der Waals surface area contributed by atoms with Crippen molar-refractivity contribution in [2.75, 3.05) is 0 Å². The van der Waals surface area contributed by atoms with E-state index in [2.05, 4.69) is 10.5 Å². The lowest BCUT2D eigenvalue weighted by molar-refractivity contribution is 0.125. The molecule has 1 radical (unpaired) electrons. The molecule has 0 unspecified atom stereocenters. The van der Waals surface area contributed by atoms with E-state index >= 15 is 0 Å². The zero-order chi connectivity index (χ0) is 7.61. The van der Waals surface area contributed by atoms with Gasteiger partial charge >= 0.3 is 0 Å². The monoisotopic (exact) mass is 156 g/mol. The summed E-state index contributed by atoms with van der Waals surface area (Å²) in [5, 5.41) is 1.84. The minimum atomic E-state index is -0.151. The molecule has 0 saturated heterocycles. The van der Waals surface area contributed by atoms with Crippen LogP contribution < -0.4 is 4.74 Å². The summed E-state index contributed by atoms with van der Waals surface area (Å²) in [4.78, 5) is 3.87. The van der Waals surface area contributed by atoms with Gasteiger partial charge in [-0.15, -0.1) is 11.3 Å². The molecule has 0 saturated carbocycles. The highest BCUT2D eigenvalue weighted by Crippen LogP contribution is 2.16. The molecular weight excluding hydrogens is 146 g/mol. The largest absolute Gasteiger partial charge is 0.471 e. The van der Waals surface area contributed by atoms with Gasteiger partial charge in [0.15, 0.2) is 5.51 Å². The predicted octanol–water partition coefficient (Wildman–Crippen LogP) is 2.12. The van der Waals surface area contributed by atoms with E-state index in [1.807, 2.05) is 26.2 Å². The summed E-state index contributed by atoms with van der Waals surface area (Å²) >= 11 is 1.42. The molecule has 0 atom stereocenters. The third-order valence-corrected chi connectivity index (χ3v) is 1.30. The first kappa shape index (κ1) is 7.54. The Morgan fingerprint density at radius 2 is 2.30 bits per heavy atom. The Balaban J connectivity index is 2.57. The van der Waals surface area contributed by atoms with Crippen LogP contribution in [-0.4, -0.2) is 10.6 Å². The topological polar surface area (TPSA) is 22.1 Å². The first-order chi connectivity index (χ1) is 4.58. The van der Waals surface area contributed by atoms with Gasteiger partial charge in [-0.2, -0.15) is 4.98 Å². The molecule has 2 nitrogen and oxygen atoms in total. The average molecular weight is 156 g/mol. The van der Waals surface area contributed by atoms with Crippen LogP contribution in [0, 0.1) is 5.51 Å². The van der Waals surface area contributed by atoms with E-state index in [1.54, 1.807) is 0 Å². The molecule has 0 N–H and O–H groups in total. The van der Waals surface area contributed by atoms with Crippen LogP contribution in [-0.2, 0) is 0 Å². The van der Waals surface area contributed by atoms with Crippen molar-refractivity contribution in [2.24, 2.45) is 0 Å². The molecule has 0 aliphatic carbocycles. The van der Waals surface area contributed by atoms with E-state index in [-0.39, 0.29) is 5.60 Å². The van der Waals surface area contributed by atoms with Crippen molar-refractivity contribution in [1.82, 2.24) is 4.98 Å². The standard InChI is InChI=1S/C7H10NOS/c1-7(2,3)9-6-4-10-5-8-6/h4H,1-3H3. The fourth-order valence-electron chi connectivity index (χ4n) is 0.535. The van der Waals surface area contributed by atoms with Crippen molar-refractivity contribution in [1.29, 1.82) is 0 Å². The number of ether oxygens (including phenoxy) is 1. The predicted molar refractivity (Wildman–Crippen MR) is 41.3 cm³/mol. The fourth-order valence-corrected chi connectivity index (χ4v) is 0.932. The zero-order valence-electron chi connectivity index (χ0n) is 6.34. The smallest absolute Gasteiger partial charge is 0.225 e. The molecule has 1 rings (SSSR count). The first-order valence-electron chi connectivity index (χ1n) is 3.08. The molecule has 0 aliphatic heterocycles. The second-order valence-corrected chi connectivity index (χ2v) is 3.65.